The smallest absolute Gasteiger partial charge is 0.317 e. The second-order valence-corrected chi connectivity index (χ2v) is 7.52. The monoisotopic (exact) mass is 296 g/mol. The maximum absolute atomic E-state index is 12.5. The number of carboxylic acids is 1. The van der Waals surface area contributed by atoms with Gasteiger partial charge in [-0.1, -0.05) is 20.8 Å². The quantitative estimate of drug-likeness (QED) is 0.819. The van der Waals surface area contributed by atoms with E-state index in [2.05, 4.69) is 26.1 Å². The van der Waals surface area contributed by atoms with Crippen molar-refractivity contribution >= 4 is 12.0 Å². The first-order valence-corrected chi connectivity index (χ1v) is 7.98. The van der Waals surface area contributed by atoms with E-state index >= 15 is 0 Å². The second kappa shape index (κ2) is 5.50. The number of carbonyl (C=O) groups is 2. The minimum absolute atomic E-state index is 0.00475. The van der Waals surface area contributed by atoms with Gasteiger partial charge in [0.25, 0.3) is 0 Å². The normalized spacial score (nSPS) is 33.0. The molecule has 2 amide bonds. The molecular formula is C16H28N2O3. The lowest BCUT2D eigenvalue weighted by atomic mass is 9.68. The Morgan fingerprint density at radius 3 is 2.48 bits per heavy atom. The molecule has 2 N–H and O–H groups in total. The zero-order chi connectivity index (χ0) is 15.8. The van der Waals surface area contributed by atoms with E-state index in [1.807, 2.05) is 6.92 Å². The standard InChI is InChI=1S/C16H28N2O3/c1-5-18(9-7-12(19)20)14(21)17-13-15(2,3)11-6-8-16(13,4)10-11/h11,13H,5-10H2,1-4H3,(H,17,21)(H,19,20). The number of hydrogen-bond donors (Lipinski definition) is 2. The molecule has 0 heterocycles. The molecule has 0 saturated heterocycles. The number of carboxylic acid groups (broad SMARTS) is 1. The molecule has 2 aliphatic rings. The van der Waals surface area contributed by atoms with Crippen LogP contribution in [0.25, 0.3) is 0 Å². The van der Waals surface area contributed by atoms with Crippen LogP contribution in [0, 0.1) is 16.7 Å². The Hall–Kier alpha value is -1.26. The van der Waals surface area contributed by atoms with Crippen molar-refractivity contribution in [3.8, 4) is 0 Å². The van der Waals surface area contributed by atoms with Crippen LogP contribution in [0.2, 0.25) is 0 Å². The molecule has 0 aromatic heterocycles. The minimum Gasteiger partial charge on any atom is -0.481 e. The van der Waals surface area contributed by atoms with Crippen LogP contribution in [0.5, 0.6) is 0 Å². The van der Waals surface area contributed by atoms with Gasteiger partial charge in [0.15, 0.2) is 0 Å². The van der Waals surface area contributed by atoms with Crippen molar-refractivity contribution in [2.45, 2.75) is 59.4 Å². The molecule has 3 unspecified atom stereocenters. The molecule has 2 rings (SSSR count). The van der Waals surface area contributed by atoms with E-state index in [1.54, 1.807) is 4.90 Å². The minimum atomic E-state index is -0.867. The first kappa shape index (κ1) is 16.1. The van der Waals surface area contributed by atoms with Gasteiger partial charge in [0.05, 0.1) is 6.42 Å². The fourth-order valence-corrected chi connectivity index (χ4v) is 4.51. The van der Waals surface area contributed by atoms with Crippen LogP contribution in [-0.4, -0.2) is 41.1 Å². The van der Waals surface area contributed by atoms with Gasteiger partial charge >= 0.3 is 12.0 Å². The highest BCUT2D eigenvalue weighted by atomic mass is 16.4. The van der Waals surface area contributed by atoms with Crippen LogP contribution in [0.3, 0.4) is 0 Å². The predicted octanol–water partition coefficient (Wildman–Crippen LogP) is 2.71. The largest absolute Gasteiger partial charge is 0.481 e. The van der Waals surface area contributed by atoms with Crippen LogP contribution in [-0.2, 0) is 4.79 Å². The number of rotatable bonds is 5. The summed E-state index contributed by atoms with van der Waals surface area (Å²) in [6, 6.07) is 0.0562. The summed E-state index contributed by atoms with van der Waals surface area (Å²) in [5, 5.41) is 12.0. The predicted molar refractivity (Wildman–Crippen MR) is 81.0 cm³/mol. The van der Waals surface area contributed by atoms with Crippen molar-refractivity contribution < 1.29 is 14.7 Å². The summed E-state index contributed by atoms with van der Waals surface area (Å²) in [6.07, 6.45) is 3.61. The summed E-state index contributed by atoms with van der Waals surface area (Å²) in [4.78, 5) is 24.8. The van der Waals surface area contributed by atoms with E-state index in [-0.39, 0.29) is 35.9 Å². The second-order valence-electron chi connectivity index (χ2n) is 7.52. The van der Waals surface area contributed by atoms with Gasteiger partial charge in [-0.25, -0.2) is 4.79 Å². The Balaban J connectivity index is 2.03. The molecule has 0 aromatic rings. The number of aliphatic carboxylic acids is 1. The average Bonchev–Trinajstić information content (AvgIpc) is 2.86. The Morgan fingerprint density at radius 1 is 1.33 bits per heavy atom. The molecule has 0 aromatic carbocycles. The third-order valence-electron chi connectivity index (χ3n) is 5.80. The van der Waals surface area contributed by atoms with Crippen molar-refractivity contribution in [2.75, 3.05) is 13.1 Å². The molecule has 2 bridgehead atoms. The number of nitrogens with zero attached hydrogens (tertiary/aromatic N) is 1. The first-order chi connectivity index (χ1) is 9.70. The summed E-state index contributed by atoms with van der Waals surface area (Å²) in [7, 11) is 0. The zero-order valence-electron chi connectivity index (χ0n) is 13.6. The number of urea groups is 1. The van der Waals surface area contributed by atoms with Crippen LogP contribution in [0.15, 0.2) is 0 Å². The summed E-state index contributed by atoms with van der Waals surface area (Å²) in [5.41, 5.74) is 0.310. The molecule has 21 heavy (non-hydrogen) atoms. The van der Waals surface area contributed by atoms with Gasteiger partial charge < -0.3 is 15.3 Å². The molecule has 0 radical (unpaired) electrons. The van der Waals surface area contributed by atoms with E-state index in [4.69, 9.17) is 5.11 Å². The zero-order valence-corrected chi connectivity index (χ0v) is 13.6. The SMILES string of the molecule is CCN(CCC(=O)O)C(=O)NC1C2(C)CCC(C2)C1(C)C. The maximum atomic E-state index is 12.5. The number of carbonyl (C=O) groups excluding carboxylic acids is 1. The number of amides is 2. The van der Waals surface area contributed by atoms with E-state index in [1.165, 1.54) is 19.3 Å². The molecule has 0 aliphatic heterocycles. The van der Waals surface area contributed by atoms with Crippen molar-refractivity contribution in [2.24, 2.45) is 16.7 Å². The Kier molecular flexibility index (Phi) is 4.22. The molecule has 2 aliphatic carbocycles. The van der Waals surface area contributed by atoms with Crippen LogP contribution in [0.1, 0.15) is 53.4 Å². The molecule has 5 heteroatoms. The highest BCUT2D eigenvalue weighted by molar-refractivity contribution is 5.76. The van der Waals surface area contributed by atoms with Crippen LogP contribution < -0.4 is 5.32 Å². The van der Waals surface area contributed by atoms with Gasteiger partial charge in [-0.3, -0.25) is 4.79 Å². The van der Waals surface area contributed by atoms with Gasteiger partial charge in [0.2, 0.25) is 0 Å². The molecular weight excluding hydrogens is 268 g/mol. The van der Waals surface area contributed by atoms with Crippen LogP contribution >= 0.6 is 0 Å². The lowest BCUT2D eigenvalue weighted by molar-refractivity contribution is -0.137. The molecule has 120 valence electrons. The third-order valence-corrected chi connectivity index (χ3v) is 5.80. The molecule has 3 atom stereocenters. The lowest BCUT2D eigenvalue weighted by Gasteiger charge is -2.43. The maximum Gasteiger partial charge on any atom is 0.317 e. The number of nitrogens with one attached hydrogen (secondary N) is 1. The average molecular weight is 296 g/mol. The van der Waals surface area contributed by atoms with Crippen molar-refractivity contribution in [3.05, 3.63) is 0 Å². The van der Waals surface area contributed by atoms with Crippen molar-refractivity contribution in [3.63, 3.8) is 0 Å². The highest BCUT2D eigenvalue weighted by Gasteiger charge is 2.59. The fraction of sp³-hybridized carbons (Fsp3) is 0.875. The van der Waals surface area contributed by atoms with Gasteiger partial charge in [-0.15, -0.1) is 0 Å². The Labute approximate surface area is 127 Å². The number of hydrogen-bond acceptors (Lipinski definition) is 2. The lowest BCUT2D eigenvalue weighted by Crippen LogP contribution is -2.55. The Morgan fingerprint density at radius 2 is 2.00 bits per heavy atom. The molecule has 0 spiro atoms. The van der Waals surface area contributed by atoms with E-state index in [9.17, 15) is 9.59 Å². The molecule has 5 nitrogen and oxygen atoms in total. The topological polar surface area (TPSA) is 69.6 Å². The molecule has 2 fully saturated rings. The molecule has 2 saturated carbocycles. The van der Waals surface area contributed by atoms with Gasteiger partial charge in [0.1, 0.15) is 0 Å². The van der Waals surface area contributed by atoms with E-state index in [0.717, 1.165) is 0 Å². The number of fused-ring (bicyclic) bond motifs is 2. The summed E-state index contributed by atoms with van der Waals surface area (Å²) in [6.45, 7) is 9.47. The third kappa shape index (κ3) is 2.87. The van der Waals surface area contributed by atoms with E-state index in [0.29, 0.717) is 12.5 Å². The van der Waals surface area contributed by atoms with E-state index < -0.39 is 5.97 Å². The fourth-order valence-electron chi connectivity index (χ4n) is 4.51. The van der Waals surface area contributed by atoms with Gasteiger partial charge in [-0.2, -0.15) is 0 Å². The van der Waals surface area contributed by atoms with Crippen molar-refractivity contribution in [1.82, 2.24) is 10.2 Å². The Bertz CT molecular complexity index is 430. The summed E-state index contributed by atoms with van der Waals surface area (Å²) in [5.74, 6) is -0.185. The van der Waals surface area contributed by atoms with Gasteiger partial charge in [-0.05, 0) is 42.9 Å². The first-order valence-electron chi connectivity index (χ1n) is 7.98. The van der Waals surface area contributed by atoms with Crippen molar-refractivity contribution in [1.29, 1.82) is 0 Å². The van der Waals surface area contributed by atoms with Crippen LogP contribution in [0.4, 0.5) is 4.79 Å². The highest BCUT2D eigenvalue weighted by Crippen LogP contribution is 2.62. The summed E-state index contributed by atoms with van der Waals surface area (Å²) >= 11 is 0. The van der Waals surface area contributed by atoms with Gasteiger partial charge in [0, 0.05) is 19.1 Å². The summed E-state index contributed by atoms with van der Waals surface area (Å²) < 4.78 is 0.